The average molecular weight is 506 g/mol. The third kappa shape index (κ3) is 5.69. The van der Waals surface area contributed by atoms with Gasteiger partial charge in [0, 0.05) is 43.2 Å². The van der Waals surface area contributed by atoms with Crippen molar-refractivity contribution in [3.63, 3.8) is 0 Å². The van der Waals surface area contributed by atoms with E-state index in [1.54, 1.807) is 62.3 Å². The number of nitrogens with zero attached hydrogens (tertiary/aromatic N) is 2. The van der Waals surface area contributed by atoms with Crippen LogP contribution < -0.4 is 20.3 Å². The lowest BCUT2D eigenvalue weighted by Crippen LogP contribution is -2.27. The van der Waals surface area contributed by atoms with Crippen molar-refractivity contribution in [3.8, 4) is 17.2 Å². The fourth-order valence-corrected chi connectivity index (χ4v) is 4.61. The number of carbonyl (C=O) groups is 1. The molecule has 0 saturated heterocycles. The fraction of sp³-hybridized carbons (Fsp3) is 0.222. The highest BCUT2D eigenvalue weighted by molar-refractivity contribution is 7.98. The maximum atomic E-state index is 13.8. The summed E-state index contributed by atoms with van der Waals surface area (Å²) in [6.45, 7) is 0.796. The standard InChI is InChI=1S/C27H27N3O5S/c1-33-12-11-28-25(31)19-9-10-23-24(13-19)29-27(36-17-18-7-5-4-6-8-18)30(26(23)32)20-14-21(34-2)16-22(15-20)35-3/h4-10,13-16H,11-12,17H2,1-3H3,(H,28,31). The molecular formula is C27H27N3O5S. The van der Waals surface area contributed by atoms with Crippen LogP contribution >= 0.6 is 11.8 Å². The van der Waals surface area contributed by atoms with E-state index in [0.717, 1.165) is 5.56 Å². The molecule has 0 bridgehead atoms. The number of rotatable bonds is 10. The monoisotopic (exact) mass is 505 g/mol. The van der Waals surface area contributed by atoms with Crippen LogP contribution in [0.5, 0.6) is 11.5 Å². The number of fused-ring (bicyclic) bond motifs is 1. The van der Waals surface area contributed by atoms with Crippen LogP contribution in [0.15, 0.2) is 76.7 Å². The molecule has 36 heavy (non-hydrogen) atoms. The van der Waals surface area contributed by atoms with Gasteiger partial charge in [0.1, 0.15) is 11.5 Å². The zero-order chi connectivity index (χ0) is 25.5. The van der Waals surface area contributed by atoms with Gasteiger partial charge in [0.05, 0.1) is 37.4 Å². The molecule has 1 heterocycles. The summed E-state index contributed by atoms with van der Waals surface area (Å²) >= 11 is 1.44. The second kappa shape index (κ2) is 11.7. The third-order valence-corrected chi connectivity index (χ3v) is 6.51. The quantitative estimate of drug-likeness (QED) is 0.197. The van der Waals surface area contributed by atoms with Crippen molar-refractivity contribution >= 4 is 28.6 Å². The summed E-state index contributed by atoms with van der Waals surface area (Å²) in [5.74, 6) is 1.46. The Balaban J connectivity index is 1.83. The summed E-state index contributed by atoms with van der Waals surface area (Å²) in [5, 5.41) is 3.68. The molecule has 0 fully saturated rings. The van der Waals surface area contributed by atoms with Crippen molar-refractivity contribution in [2.75, 3.05) is 34.5 Å². The molecule has 0 aliphatic heterocycles. The lowest BCUT2D eigenvalue weighted by Gasteiger charge is -2.15. The molecule has 0 radical (unpaired) electrons. The Morgan fingerprint density at radius 3 is 2.36 bits per heavy atom. The molecule has 0 unspecified atom stereocenters. The first-order valence-electron chi connectivity index (χ1n) is 11.3. The number of aromatic nitrogens is 2. The lowest BCUT2D eigenvalue weighted by atomic mass is 10.1. The Kier molecular flexibility index (Phi) is 8.24. The van der Waals surface area contributed by atoms with Gasteiger partial charge in [0.25, 0.3) is 11.5 Å². The van der Waals surface area contributed by atoms with Crippen molar-refractivity contribution in [1.82, 2.24) is 14.9 Å². The molecule has 1 aromatic heterocycles. The van der Waals surface area contributed by atoms with Gasteiger partial charge < -0.3 is 19.5 Å². The summed E-state index contributed by atoms with van der Waals surface area (Å²) < 4.78 is 17.4. The minimum Gasteiger partial charge on any atom is -0.497 e. The van der Waals surface area contributed by atoms with E-state index in [9.17, 15) is 9.59 Å². The van der Waals surface area contributed by atoms with E-state index in [1.807, 2.05) is 30.3 Å². The van der Waals surface area contributed by atoms with E-state index in [4.69, 9.17) is 19.2 Å². The van der Waals surface area contributed by atoms with E-state index in [1.165, 1.54) is 11.8 Å². The number of benzene rings is 3. The van der Waals surface area contributed by atoms with Crippen LogP contribution in [0.4, 0.5) is 0 Å². The Morgan fingerprint density at radius 2 is 1.69 bits per heavy atom. The third-order valence-electron chi connectivity index (χ3n) is 5.50. The molecule has 0 atom stereocenters. The van der Waals surface area contributed by atoms with Crippen LogP contribution in [-0.4, -0.2) is 49.9 Å². The molecule has 0 aliphatic rings. The van der Waals surface area contributed by atoms with Crippen molar-refractivity contribution < 1.29 is 19.0 Å². The number of hydrogen-bond donors (Lipinski definition) is 1. The first-order valence-corrected chi connectivity index (χ1v) is 12.3. The number of nitrogens with one attached hydrogen (secondary N) is 1. The molecule has 4 rings (SSSR count). The van der Waals surface area contributed by atoms with Crippen LogP contribution in [-0.2, 0) is 10.5 Å². The van der Waals surface area contributed by atoms with E-state index < -0.39 is 0 Å². The Labute approximate surface area is 213 Å². The Bertz CT molecular complexity index is 1400. The minimum absolute atomic E-state index is 0.253. The molecule has 186 valence electrons. The van der Waals surface area contributed by atoms with Crippen LogP contribution in [0.3, 0.4) is 0 Å². The van der Waals surface area contributed by atoms with Crippen molar-refractivity contribution in [2.24, 2.45) is 0 Å². The zero-order valence-electron chi connectivity index (χ0n) is 20.3. The first-order chi connectivity index (χ1) is 17.5. The van der Waals surface area contributed by atoms with Gasteiger partial charge in [-0.1, -0.05) is 42.1 Å². The van der Waals surface area contributed by atoms with Gasteiger partial charge >= 0.3 is 0 Å². The van der Waals surface area contributed by atoms with E-state index in [-0.39, 0.29) is 11.5 Å². The maximum absolute atomic E-state index is 13.8. The highest BCUT2D eigenvalue weighted by Gasteiger charge is 2.17. The summed E-state index contributed by atoms with van der Waals surface area (Å²) in [6.07, 6.45) is 0. The molecule has 3 aromatic carbocycles. The summed E-state index contributed by atoms with van der Waals surface area (Å²) in [4.78, 5) is 31.1. The molecule has 4 aromatic rings. The molecule has 8 nitrogen and oxygen atoms in total. The number of carbonyl (C=O) groups excluding carboxylic acids is 1. The Hall–Kier alpha value is -3.82. The summed E-state index contributed by atoms with van der Waals surface area (Å²) in [7, 11) is 4.69. The molecule has 0 aliphatic carbocycles. The van der Waals surface area contributed by atoms with Crippen LogP contribution in [0.25, 0.3) is 16.6 Å². The summed E-state index contributed by atoms with van der Waals surface area (Å²) in [6, 6.07) is 20.1. The van der Waals surface area contributed by atoms with Gasteiger partial charge in [-0.25, -0.2) is 4.98 Å². The van der Waals surface area contributed by atoms with Crippen molar-refractivity contribution in [2.45, 2.75) is 10.9 Å². The molecule has 0 spiro atoms. The number of thioether (sulfide) groups is 1. The fourth-order valence-electron chi connectivity index (χ4n) is 3.64. The predicted molar refractivity (Wildman–Crippen MR) is 141 cm³/mol. The largest absolute Gasteiger partial charge is 0.497 e. The number of hydrogen-bond acceptors (Lipinski definition) is 7. The SMILES string of the molecule is COCCNC(=O)c1ccc2c(=O)n(-c3cc(OC)cc(OC)c3)c(SCc3ccccc3)nc2c1. The topological polar surface area (TPSA) is 91.7 Å². The molecule has 9 heteroatoms. The predicted octanol–water partition coefficient (Wildman–Crippen LogP) is 4.07. The maximum Gasteiger partial charge on any atom is 0.266 e. The minimum atomic E-state index is -0.254. The van der Waals surface area contributed by atoms with Crippen LogP contribution in [0.2, 0.25) is 0 Å². The highest BCUT2D eigenvalue weighted by Crippen LogP contribution is 2.29. The van der Waals surface area contributed by atoms with Gasteiger partial charge in [0.2, 0.25) is 0 Å². The second-order valence-corrected chi connectivity index (χ2v) is 8.80. The van der Waals surface area contributed by atoms with Crippen molar-refractivity contribution in [1.29, 1.82) is 0 Å². The van der Waals surface area contributed by atoms with Gasteiger partial charge in [0.15, 0.2) is 5.16 Å². The normalized spacial score (nSPS) is 10.9. The molecule has 1 amide bonds. The Morgan fingerprint density at radius 1 is 0.972 bits per heavy atom. The van der Waals surface area contributed by atoms with Gasteiger partial charge in [-0.2, -0.15) is 0 Å². The average Bonchev–Trinajstić information content (AvgIpc) is 2.91. The van der Waals surface area contributed by atoms with Crippen LogP contribution in [0.1, 0.15) is 15.9 Å². The van der Waals surface area contributed by atoms with Gasteiger partial charge in [-0.3, -0.25) is 14.2 Å². The number of amides is 1. The highest BCUT2D eigenvalue weighted by atomic mass is 32.2. The number of ether oxygens (including phenoxy) is 3. The zero-order valence-corrected chi connectivity index (χ0v) is 21.1. The lowest BCUT2D eigenvalue weighted by molar-refractivity contribution is 0.0937. The number of methoxy groups -OCH3 is 3. The van der Waals surface area contributed by atoms with Crippen molar-refractivity contribution in [3.05, 3.63) is 88.2 Å². The smallest absolute Gasteiger partial charge is 0.266 e. The second-order valence-electron chi connectivity index (χ2n) is 7.86. The van der Waals surface area contributed by atoms with E-state index >= 15 is 0 Å². The summed E-state index contributed by atoms with van der Waals surface area (Å²) in [5.41, 5.74) is 2.28. The molecule has 1 N–H and O–H groups in total. The molecule has 0 saturated carbocycles. The van der Waals surface area contributed by atoms with Gasteiger partial charge in [-0.05, 0) is 23.8 Å². The van der Waals surface area contributed by atoms with E-state index in [2.05, 4.69) is 5.32 Å². The van der Waals surface area contributed by atoms with Gasteiger partial charge in [-0.15, -0.1) is 0 Å². The molecular weight excluding hydrogens is 478 g/mol. The van der Waals surface area contributed by atoms with E-state index in [0.29, 0.717) is 57.7 Å². The van der Waals surface area contributed by atoms with Crippen LogP contribution in [0, 0.1) is 0 Å². The first kappa shape index (κ1) is 25.3.